The molecule has 13 heteroatoms. The van der Waals surface area contributed by atoms with Crippen LogP contribution in [0, 0.1) is 11.8 Å². The van der Waals surface area contributed by atoms with E-state index in [1.807, 2.05) is 18.7 Å². The van der Waals surface area contributed by atoms with E-state index >= 15 is 0 Å². The average Bonchev–Trinajstić information content (AvgIpc) is 2.86. The Morgan fingerprint density at radius 3 is 2.05 bits per heavy atom. The maximum Gasteiger partial charge on any atom is 0.243 e. The van der Waals surface area contributed by atoms with Crippen LogP contribution < -0.4 is 32.7 Å². The summed E-state index contributed by atoms with van der Waals surface area (Å²) in [6, 6.07) is -2.65. The zero-order valence-corrected chi connectivity index (χ0v) is 24.0. The summed E-state index contributed by atoms with van der Waals surface area (Å²) in [5.74, 6) is -2.31. The zero-order valence-electron chi connectivity index (χ0n) is 24.0. The molecule has 0 aromatic heterocycles. The fraction of sp³-hybridized carbons (Fsp3) is 0.769. The van der Waals surface area contributed by atoms with Gasteiger partial charge in [0.2, 0.25) is 29.5 Å². The molecule has 13 nitrogen and oxygen atoms in total. The number of aliphatic imine (C=N–C) groups is 1. The number of hydrogen-bond donors (Lipinski definition) is 6. The van der Waals surface area contributed by atoms with Gasteiger partial charge in [-0.1, -0.05) is 27.7 Å². The third kappa shape index (κ3) is 13.3. The number of likely N-dealkylation sites (tertiary alicyclic amines) is 1. The van der Waals surface area contributed by atoms with E-state index in [-0.39, 0.29) is 30.7 Å². The second-order valence-electron chi connectivity index (χ2n) is 10.8. The van der Waals surface area contributed by atoms with E-state index in [2.05, 4.69) is 26.3 Å². The topological polar surface area (TPSA) is 201 Å². The molecule has 0 bridgehead atoms. The van der Waals surface area contributed by atoms with Gasteiger partial charge in [0.05, 0.1) is 6.54 Å². The molecule has 0 radical (unpaired) electrons. The summed E-state index contributed by atoms with van der Waals surface area (Å²) >= 11 is 0. The third-order valence-corrected chi connectivity index (χ3v) is 6.35. The van der Waals surface area contributed by atoms with Crippen molar-refractivity contribution in [2.75, 3.05) is 26.2 Å². The highest BCUT2D eigenvalue weighted by molar-refractivity contribution is 5.93. The predicted octanol–water partition coefficient (Wildman–Crippen LogP) is -0.655. The second-order valence-corrected chi connectivity index (χ2v) is 10.8. The van der Waals surface area contributed by atoms with E-state index in [0.717, 1.165) is 25.9 Å². The van der Waals surface area contributed by atoms with Crippen molar-refractivity contribution in [1.29, 1.82) is 0 Å². The SMILES string of the molecule is CC(=O)N[C@H](C(=O)NCC(=O)N[C@@H](CC(C)C)C(=O)N[C@@H](CCCN=C(N)N1CCCCC1)C(N)=O)C(C)C. The third-order valence-electron chi connectivity index (χ3n) is 6.35. The van der Waals surface area contributed by atoms with Crippen molar-refractivity contribution >= 4 is 35.5 Å². The molecule has 0 spiro atoms. The number of amides is 5. The molecular weight excluding hydrogens is 504 g/mol. The molecule has 0 aromatic rings. The highest BCUT2D eigenvalue weighted by Crippen LogP contribution is 2.09. The number of primary amides is 1. The summed E-state index contributed by atoms with van der Waals surface area (Å²) in [6.45, 7) is 10.4. The van der Waals surface area contributed by atoms with Gasteiger partial charge in [-0.25, -0.2) is 0 Å². The molecule has 1 aliphatic rings. The molecule has 1 saturated heterocycles. The van der Waals surface area contributed by atoms with Crippen LogP contribution in [0.25, 0.3) is 0 Å². The lowest BCUT2D eigenvalue weighted by molar-refractivity contribution is -0.133. The Kier molecular flexibility index (Phi) is 14.9. The first kappa shape index (κ1) is 33.6. The van der Waals surface area contributed by atoms with Gasteiger partial charge in [0.15, 0.2) is 5.96 Å². The average molecular weight is 553 g/mol. The first-order valence-electron chi connectivity index (χ1n) is 13.8. The van der Waals surface area contributed by atoms with E-state index < -0.39 is 41.8 Å². The van der Waals surface area contributed by atoms with Crippen molar-refractivity contribution in [1.82, 2.24) is 26.2 Å². The maximum absolute atomic E-state index is 13.0. The fourth-order valence-electron chi connectivity index (χ4n) is 4.25. The van der Waals surface area contributed by atoms with Crippen molar-refractivity contribution in [2.24, 2.45) is 28.3 Å². The van der Waals surface area contributed by atoms with Gasteiger partial charge in [0, 0.05) is 26.6 Å². The van der Waals surface area contributed by atoms with Gasteiger partial charge >= 0.3 is 0 Å². The Morgan fingerprint density at radius 2 is 1.51 bits per heavy atom. The molecule has 0 aromatic carbocycles. The van der Waals surface area contributed by atoms with Crippen LogP contribution in [-0.4, -0.2) is 84.7 Å². The zero-order chi connectivity index (χ0) is 29.5. The summed E-state index contributed by atoms with van der Waals surface area (Å²) < 4.78 is 0. The Hall–Kier alpha value is -3.38. The first-order valence-corrected chi connectivity index (χ1v) is 13.8. The summed E-state index contributed by atoms with van der Waals surface area (Å²) in [5.41, 5.74) is 11.6. The second kappa shape index (κ2) is 17.3. The normalized spacial score (nSPS) is 16.3. The molecule has 1 aliphatic heterocycles. The summed E-state index contributed by atoms with van der Waals surface area (Å²) in [7, 11) is 0. The maximum atomic E-state index is 13.0. The first-order chi connectivity index (χ1) is 18.3. The van der Waals surface area contributed by atoms with Gasteiger partial charge in [-0.2, -0.15) is 0 Å². The van der Waals surface area contributed by atoms with Crippen molar-refractivity contribution in [3.63, 3.8) is 0 Å². The number of nitrogens with one attached hydrogen (secondary N) is 4. The molecule has 1 heterocycles. The molecule has 0 aliphatic carbocycles. The van der Waals surface area contributed by atoms with Gasteiger partial charge in [0.25, 0.3) is 0 Å². The minimum atomic E-state index is -0.931. The van der Waals surface area contributed by atoms with E-state index in [0.29, 0.717) is 25.3 Å². The highest BCUT2D eigenvalue weighted by atomic mass is 16.2. The van der Waals surface area contributed by atoms with E-state index in [4.69, 9.17) is 11.5 Å². The van der Waals surface area contributed by atoms with Crippen LogP contribution in [0.5, 0.6) is 0 Å². The van der Waals surface area contributed by atoms with E-state index in [1.165, 1.54) is 13.3 Å². The quantitative estimate of drug-likeness (QED) is 0.0879. The van der Waals surface area contributed by atoms with Gasteiger partial charge in [-0.3, -0.25) is 29.0 Å². The molecule has 5 amide bonds. The lowest BCUT2D eigenvalue weighted by atomic mass is 10.0. The molecule has 1 rings (SSSR count). The van der Waals surface area contributed by atoms with Crippen LogP contribution in [0.4, 0.5) is 0 Å². The Balaban J connectivity index is 2.67. The number of carbonyl (C=O) groups is 5. The Morgan fingerprint density at radius 1 is 0.872 bits per heavy atom. The van der Waals surface area contributed by atoms with Crippen LogP contribution in [0.1, 0.15) is 73.1 Å². The Bertz CT molecular complexity index is 870. The standard InChI is InChI=1S/C26H48N8O5/c1-16(2)14-20(32-21(36)15-30-25(39)22(17(3)4)31-18(5)35)24(38)33-19(23(27)37)10-9-11-29-26(28)34-12-7-6-8-13-34/h16-17,19-20,22H,6-15H2,1-5H3,(H2,27,37)(H2,28,29)(H,30,39)(H,31,35)(H,32,36)(H,33,38)/t19-,20-,22-/m0/s1. The smallest absolute Gasteiger partial charge is 0.243 e. The number of carbonyl (C=O) groups excluding carboxylic acids is 5. The van der Waals surface area contributed by atoms with Crippen LogP contribution >= 0.6 is 0 Å². The molecule has 0 unspecified atom stereocenters. The van der Waals surface area contributed by atoms with Gasteiger partial charge in [-0.05, 0) is 50.4 Å². The van der Waals surface area contributed by atoms with Crippen molar-refractivity contribution in [3.8, 4) is 0 Å². The van der Waals surface area contributed by atoms with Crippen LogP contribution in [0.2, 0.25) is 0 Å². The summed E-state index contributed by atoms with van der Waals surface area (Å²) in [4.78, 5) is 67.9. The lowest BCUT2D eigenvalue weighted by Crippen LogP contribution is -2.55. The van der Waals surface area contributed by atoms with Crippen molar-refractivity contribution in [2.45, 2.75) is 91.3 Å². The number of nitrogens with two attached hydrogens (primary N) is 2. The number of nitrogens with zero attached hydrogens (tertiary/aromatic N) is 2. The summed E-state index contributed by atoms with van der Waals surface area (Å²) in [6.07, 6.45) is 4.43. The molecule has 0 saturated carbocycles. The van der Waals surface area contributed by atoms with Crippen LogP contribution in [0.3, 0.4) is 0 Å². The number of rotatable bonds is 15. The monoisotopic (exact) mass is 552 g/mol. The van der Waals surface area contributed by atoms with Gasteiger partial charge in [0.1, 0.15) is 18.1 Å². The fourth-order valence-corrected chi connectivity index (χ4v) is 4.25. The van der Waals surface area contributed by atoms with Crippen LogP contribution in [-0.2, 0) is 24.0 Å². The summed E-state index contributed by atoms with van der Waals surface area (Å²) in [5, 5.41) is 10.3. The van der Waals surface area contributed by atoms with Crippen LogP contribution in [0.15, 0.2) is 4.99 Å². The van der Waals surface area contributed by atoms with E-state index in [9.17, 15) is 24.0 Å². The largest absolute Gasteiger partial charge is 0.370 e. The minimum absolute atomic E-state index is 0.0554. The minimum Gasteiger partial charge on any atom is -0.370 e. The Labute approximate surface area is 231 Å². The highest BCUT2D eigenvalue weighted by Gasteiger charge is 2.27. The van der Waals surface area contributed by atoms with Gasteiger partial charge < -0.3 is 37.6 Å². The molecular formula is C26H48N8O5. The van der Waals surface area contributed by atoms with E-state index in [1.54, 1.807) is 13.8 Å². The molecule has 39 heavy (non-hydrogen) atoms. The van der Waals surface area contributed by atoms with Gasteiger partial charge in [-0.15, -0.1) is 0 Å². The number of piperidine rings is 1. The number of hydrogen-bond acceptors (Lipinski definition) is 6. The molecule has 222 valence electrons. The molecule has 3 atom stereocenters. The van der Waals surface area contributed by atoms with Crippen molar-refractivity contribution < 1.29 is 24.0 Å². The predicted molar refractivity (Wildman–Crippen MR) is 149 cm³/mol. The molecule has 8 N–H and O–H groups in total. The lowest BCUT2D eigenvalue weighted by Gasteiger charge is -2.27. The molecule has 1 fully saturated rings. The van der Waals surface area contributed by atoms with Crippen molar-refractivity contribution in [3.05, 3.63) is 0 Å². The number of guanidine groups is 1.